The van der Waals surface area contributed by atoms with E-state index in [0.29, 0.717) is 13.0 Å². The highest BCUT2D eigenvalue weighted by Gasteiger charge is 2.32. The van der Waals surface area contributed by atoms with Gasteiger partial charge in [0.05, 0.1) is 13.0 Å². The number of rotatable bonds is 4. The molecule has 0 aromatic heterocycles. The zero-order valence-electron chi connectivity index (χ0n) is 10.1. The van der Waals surface area contributed by atoms with Gasteiger partial charge >= 0.3 is 0 Å². The van der Waals surface area contributed by atoms with Gasteiger partial charge in [-0.15, -0.1) is 0 Å². The Labute approximate surface area is 105 Å². The number of amides is 1. The first-order valence-electron chi connectivity index (χ1n) is 5.92. The number of phenolic OH excluding ortho intramolecular Hbond substituents is 1. The fourth-order valence-electron chi connectivity index (χ4n) is 1.91. The van der Waals surface area contributed by atoms with Crippen molar-refractivity contribution in [2.45, 2.75) is 18.4 Å². The molecule has 0 radical (unpaired) electrons. The number of nitrogens with one attached hydrogen (secondary N) is 1. The summed E-state index contributed by atoms with van der Waals surface area (Å²) in [6.45, 7) is 0.989. The molecule has 3 N–H and O–H groups in total. The highest BCUT2D eigenvalue weighted by molar-refractivity contribution is 5.78. The molecular formula is C13H17NO4. The predicted molar refractivity (Wildman–Crippen MR) is 65.2 cm³/mol. The van der Waals surface area contributed by atoms with E-state index in [1.807, 2.05) is 0 Å². The van der Waals surface area contributed by atoms with Crippen molar-refractivity contribution in [1.29, 1.82) is 0 Å². The lowest BCUT2D eigenvalue weighted by Crippen LogP contribution is -2.43. The van der Waals surface area contributed by atoms with Gasteiger partial charge in [0.2, 0.25) is 5.91 Å². The molecule has 0 spiro atoms. The normalized spacial score (nSPS) is 22.9. The Morgan fingerprint density at radius 2 is 2.33 bits per heavy atom. The monoisotopic (exact) mass is 251 g/mol. The third kappa shape index (κ3) is 3.45. The van der Waals surface area contributed by atoms with Crippen molar-refractivity contribution in [3.8, 4) is 5.75 Å². The van der Waals surface area contributed by atoms with Crippen molar-refractivity contribution < 1.29 is 19.7 Å². The molecular weight excluding hydrogens is 234 g/mol. The molecule has 0 saturated carbocycles. The van der Waals surface area contributed by atoms with Gasteiger partial charge in [-0.05, 0) is 17.7 Å². The quantitative estimate of drug-likeness (QED) is 0.714. The van der Waals surface area contributed by atoms with Gasteiger partial charge in [-0.3, -0.25) is 4.79 Å². The minimum absolute atomic E-state index is 0.142. The van der Waals surface area contributed by atoms with Gasteiger partial charge in [0.15, 0.2) is 0 Å². The molecule has 1 aromatic rings. The van der Waals surface area contributed by atoms with Gasteiger partial charge in [-0.25, -0.2) is 0 Å². The van der Waals surface area contributed by atoms with Crippen LogP contribution in [0.25, 0.3) is 0 Å². The summed E-state index contributed by atoms with van der Waals surface area (Å²) in [4.78, 5) is 11.7. The minimum Gasteiger partial charge on any atom is -0.508 e. The Hall–Kier alpha value is -1.59. The van der Waals surface area contributed by atoms with Crippen LogP contribution in [0.1, 0.15) is 12.0 Å². The summed E-state index contributed by atoms with van der Waals surface area (Å²) in [5.74, 6) is -0.0379. The SMILES string of the molecule is O=C(Cc1cccc(O)c1)NCC1(O)CCOC1. The van der Waals surface area contributed by atoms with Crippen LogP contribution in [-0.4, -0.2) is 41.5 Å². The van der Waals surface area contributed by atoms with E-state index in [4.69, 9.17) is 4.74 Å². The summed E-state index contributed by atoms with van der Waals surface area (Å²) in [5, 5.41) is 21.9. The number of ether oxygens (including phenoxy) is 1. The third-order valence-electron chi connectivity index (χ3n) is 2.97. The van der Waals surface area contributed by atoms with E-state index in [1.54, 1.807) is 24.3 Å². The van der Waals surface area contributed by atoms with Gasteiger partial charge in [0.1, 0.15) is 11.4 Å². The Kier molecular flexibility index (Phi) is 3.84. The maximum atomic E-state index is 11.7. The van der Waals surface area contributed by atoms with Crippen LogP contribution in [0.15, 0.2) is 24.3 Å². The summed E-state index contributed by atoms with van der Waals surface area (Å²) >= 11 is 0. The smallest absolute Gasteiger partial charge is 0.224 e. The second-order valence-corrected chi connectivity index (χ2v) is 4.65. The number of hydrogen-bond acceptors (Lipinski definition) is 4. The molecule has 18 heavy (non-hydrogen) atoms. The van der Waals surface area contributed by atoms with Crippen molar-refractivity contribution in [2.75, 3.05) is 19.8 Å². The van der Waals surface area contributed by atoms with E-state index in [9.17, 15) is 15.0 Å². The van der Waals surface area contributed by atoms with E-state index in [-0.39, 0.29) is 31.2 Å². The lowest BCUT2D eigenvalue weighted by atomic mass is 10.0. The zero-order chi connectivity index (χ0) is 13.0. The molecule has 5 nitrogen and oxygen atoms in total. The summed E-state index contributed by atoms with van der Waals surface area (Å²) in [5.41, 5.74) is -0.198. The maximum Gasteiger partial charge on any atom is 0.224 e. The first kappa shape index (κ1) is 12.9. The van der Waals surface area contributed by atoms with Crippen LogP contribution in [-0.2, 0) is 16.0 Å². The van der Waals surface area contributed by atoms with Crippen molar-refractivity contribution in [3.05, 3.63) is 29.8 Å². The number of carbonyl (C=O) groups is 1. The Bertz CT molecular complexity index is 427. The molecule has 1 fully saturated rings. The minimum atomic E-state index is -0.936. The number of carbonyl (C=O) groups excluding carboxylic acids is 1. The largest absolute Gasteiger partial charge is 0.508 e. The van der Waals surface area contributed by atoms with Crippen LogP contribution in [0.5, 0.6) is 5.75 Å². The van der Waals surface area contributed by atoms with Crippen LogP contribution in [0.3, 0.4) is 0 Å². The van der Waals surface area contributed by atoms with Gasteiger partial charge in [0.25, 0.3) is 0 Å². The van der Waals surface area contributed by atoms with E-state index in [2.05, 4.69) is 5.32 Å². The highest BCUT2D eigenvalue weighted by Crippen LogP contribution is 2.17. The molecule has 1 saturated heterocycles. The van der Waals surface area contributed by atoms with E-state index in [0.717, 1.165) is 5.56 Å². The second kappa shape index (κ2) is 5.37. The summed E-state index contributed by atoms with van der Waals surface area (Å²) < 4.78 is 5.09. The molecule has 1 unspecified atom stereocenters. The average molecular weight is 251 g/mol. The molecule has 5 heteroatoms. The molecule has 1 aliphatic heterocycles. The van der Waals surface area contributed by atoms with E-state index < -0.39 is 5.60 Å². The summed E-state index contributed by atoms with van der Waals surface area (Å²) in [6, 6.07) is 6.57. The van der Waals surface area contributed by atoms with Crippen molar-refractivity contribution >= 4 is 5.91 Å². The molecule has 2 rings (SSSR count). The Morgan fingerprint density at radius 3 is 3.00 bits per heavy atom. The highest BCUT2D eigenvalue weighted by atomic mass is 16.5. The fourth-order valence-corrected chi connectivity index (χ4v) is 1.91. The van der Waals surface area contributed by atoms with Crippen molar-refractivity contribution in [2.24, 2.45) is 0 Å². The first-order valence-corrected chi connectivity index (χ1v) is 5.92. The molecule has 1 aromatic carbocycles. The van der Waals surface area contributed by atoms with Crippen LogP contribution in [0, 0.1) is 0 Å². The van der Waals surface area contributed by atoms with Crippen molar-refractivity contribution in [1.82, 2.24) is 5.32 Å². The Morgan fingerprint density at radius 1 is 1.50 bits per heavy atom. The van der Waals surface area contributed by atoms with Gasteiger partial charge in [0, 0.05) is 19.6 Å². The number of hydrogen-bond donors (Lipinski definition) is 3. The number of phenols is 1. The van der Waals surface area contributed by atoms with Crippen molar-refractivity contribution in [3.63, 3.8) is 0 Å². The Balaban J connectivity index is 1.82. The molecule has 1 heterocycles. The zero-order valence-corrected chi connectivity index (χ0v) is 10.1. The van der Waals surface area contributed by atoms with Gasteiger partial charge in [-0.2, -0.15) is 0 Å². The van der Waals surface area contributed by atoms with E-state index >= 15 is 0 Å². The second-order valence-electron chi connectivity index (χ2n) is 4.65. The van der Waals surface area contributed by atoms with Crippen LogP contribution < -0.4 is 5.32 Å². The van der Waals surface area contributed by atoms with Crippen LogP contribution in [0.2, 0.25) is 0 Å². The summed E-state index contributed by atoms with van der Waals surface area (Å²) in [7, 11) is 0. The van der Waals surface area contributed by atoms with Crippen LogP contribution in [0.4, 0.5) is 0 Å². The number of aliphatic hydroxyl groups is 1. The van der Waals surface area contributed by atoms with Crippen LogP contribution >= 0.6 is 0 Å². The third-order valence-corrected chi connectivity index (χ3v) is 2.97. The molecule has 98 valence electrons. The number of aromatic hydroxyl groups is 1. The molecule has 0 aliphatic carbocycles. The number of benzene rings is 1. The lowest BCUT2D eigenvalue weighted by molar-refractivity contribution is -0.121. The lowest BCUT2D eigenvalue weighted by Gasteiger charge is -2.20. The standard InChI is InChI=1S/C13H17NO4/c15-11-3-1-2-10(6-11)7-12(16)14-8-13(17)4-5-18-9-13/h1-3,6,15,17H,4-5,7-9H2,(H,14,16). The van der Waals surface area contributed by atoms with Gasteiger partial charge < -0.3 is 20.3 Å². The first-order chi connectivity index (χ1) is 8.57. The maximum absolute atomic E-state index is 11.7. The van der Waals surface area contributed by atoms with Gasteiger partial charge in [-0.1, -0.05) is 12.1 Å². The topological polar surface area (TPSA) is 78.8 Å². The predicted octanol–water partition coefficient (Wildman–Crippen LogP) is 0.202. The molecule has 1 aliphatic rings. The average Bonchev–Trinajstić information content (AvgIpc) is 2.74. The van der Waals surface area contributed by atoms with E-state index in [1.165, 1.54) is 0 Å². The molecule has 1 amide bonds. The fraction of sp³-hybridized carbons (Fsp3) is 0.462. The summed E-state index contributed by atoms with van der Waals surface area (Å²) in [6.07, 6.45) is 0.727. The molecule has 1 atom stereocenters. The molecule has 0 bridgehead atoms.